The second kappa shape index (κ2) is 49.8. The molecule has 14 rings (SSSR count). The Morgan fingerprint density at radius 2 is 0.852 bits per heavy atom. The predicted molar refractivity (Wildman–Crippen MR) is 583 cm³/mol. The summed E-state index contributed by atoms with van der Waals surface area (Å²) in [6.45, 7) is 57.2. The van der Waals surface area contributed by atoms with Crippen molar-refractivity contribution >= 4 is 92.7 Å². The molecule has 8 heterocycles. The number of Topliss-reactive ketones (excluding diaryl/α,β-unsaturated/α-hetero) is 2. The Morgan fingerprint density at radius 3 is 1.27 bits per heavy atom. The van der Waals surface area contributed by atoms with E-state index in [4.69, 9.17) is 63.8 Å². The van der Waals surface area contributed by atoms with Crippen LogP contribution in [0.5, 0.6) is 17.2 Å². The highest BCUT2D eigenvalue weighted by atomic mass is 28.3. The number of hydrogen-bond acceptors (Lipinski definition) is 20. The van der Waals surface area contributed by atoms with Crippen molar-refractivity contribution < 1.29 is 65.8 Å². The Labute approximate surface area is 844 Å². The number of hydrogen-bond donors (Lipinski definition) is 4. The zero-order chi connectivity index (χ0) is 103. The lowest BCUT2D eigenvalue weighted by Crippen LogP contribution is -2.22. The van der Waals surface area contributed by atoms with E-state index < -0.39 is 65.9 Å². The number of benzene rings is 6. The van der Waals surface area contributed by atoms with Crippen molar-refractivity contribution in [2.45, 2.75) is 266 Å². The van der Waals surface area contributed by atoms with Gasteiger partial charge < -0.3 is 72.7 Å². The first-order chi connectivity index (χ1) is 67.2. The lowest BCUT2D eigenvalue weighted by molar-refractivity contribution is -0.123. The molecule has 2 aliphatic heterocycles. The quantitative estimate of drug-likeness (QED) is 0.0156. The fraction of sp³-hybridized carbons (Fsp3) is 0.533. The van der Waals surface area contributed by atoms with Gasteiger partial charge in [-0.05, 0) is 231 Å². The Balaban J connectivity index is 0.000000196. The molecule has 0 amide bonds. The van der Waals surface area contributed by atoms with Gasteiger partial charge in [0, 0.05) is 173 Å². The van der Waals surface area contributed by atoms with E-state index in [0.29, 0.717) is 146 Å². The highest BCUT2D eigenvalue weighted by Crippen LogP contribution is 2.41. The van der Waals surface area contributed by atoms with E-state index in [1.54, 1.807) is 30.5 Å². The minimum Gasteiger partial charge on any atom is -0.505 e. The number of rotatable bonds is 50. The summed E-state index contributed by atoms with van der Waals surface area (Å²) in [7, 11) is -3.42. The summed E-state index contributed by atoms with van der Waals surface area (Å²) in [5.74, 6) is 1.49. The van der Waals surface area contributed by atoms with E-state index in [9.17, 15) is 19.1 Å². The molecule has 2 unspecified atom stereocenters. The van der Waals surface area contributed by atoms with Crippen molar-refractivity contribution in [2.24, 2.45) is 17.6 Å². The van der Waals surface area contributed by atoms with Gasteiger partial charge in [-0.25, -0.2) is 37.5 Å². The molecule has 0 spiro atoms. The van der Waals surface area contributed by atoms with Gasteiger partial charge in [-0.2, -0.15) is 15.3 Å². The number of aryl methyl sites for hydroxylation is 5. The number of nitrogens with zero attached hydrogens (tertiary/aromatic N) is 12. The number of imidazole rings is 3. The molecule has 142 heavy (non-hydrogen) atoms. The Morgan fingerprint density at radius 1 is 0.465 bits per heavy atom. The van der Waals surface area contributed by atoms with Crippen LogP contribution in [0, 0.1) is 29.3 Å². The molecule has 2 aliphatic rings. The first kappa shape index (κ1) is 112. The number of nitrogens with two attached hydrogens (primary N) is 1. The van der Waals surface area contributed by atoms with Gasteiger partial charge in [-0.3, -0.25) is 14.7 Å². The lowest BCUT2D eigenvalue weighted by atomic mass is 9.96. The molecule has 2 atom stereocenters. The van der Waals surface area contributed by atoms with Gasteiger partial charge in [-0.1, -0.05) is 157 Å². The van der Waals surface area contributed by atoms with E-state index >= 15 is 8.78 Å². The molecule has 35 heteroatoms. The SMILES string of the molecule is CCc1cc(O)c(F)cc1-c1ccc2c(-c3ncc(CCC(=O)C4CCN(C)C4)[nH]3)n[nH]c2c1.CCc1cc(OCOCC[Si](C)(C)C)c(F)cc1-c1ccc2c(-c3nc(CCC(=O)C4CCN(C)C4)cn3COCC[Si](C)(C)C)nn(COCC[Si](C)(C)C)c2c1.CCc1cc(OCOCC[Si](C)(C)C)c(F)cc1-c1ccc2c(-c3nc(CN)cn3COCC[Si](C)(C)C)nn(COCC[Si](C)(C)C)c2c1. The van der Waals surface area contributed by atoms with Gasteiger partial charge in [-0.15, -0.1) is 0 Å². The summed E-state index contributed by atoms with van der Waals surface area (Å²) < 4.78 is 101. The van der Waals surface area contributed by atoms with Gasteiger partial charge >= 0.3 is 0 Å². The monoisotopic (exact) mass is 2050 g/mol. The van der Waals surface area contributed by atoms with E-state index in [1.165, 1.54) is 12.1 Å². The third-order valence-corrected chi connectivity index (χ3v) is 36.4. The second-order valence-corrected chi connectivity index (χ2v) is 79.4. The van der Waals surface area contributed by atoms with Crippen LogP contribution in [0.2, 0.25) is 154 Å². The molecule has 2 fully saturated rings. The Hall–Kier alpha value is -9.17. The number of carbonyl (C=O) groups is 2. The zero-order valence-corrected chi connectivity index (χ0v) is 94.8. The average molecular weight is 2060 g/mol. The molecule has 0 bridgehead atoms. The number of aromatic amines is 2. The van der Waals surface area contributed by atoms with Crippen LogP contribution in [-0.4, -0.2) is 227 Å². The molecule has 5 N–H and O–H groups in total. The average Bonchev–Trinajstić information content (AvgIpc) is 1.61. The Bertz CT molecular complexity index is 6210. The van der Waals surface area contributed by atoms with Crippen molar-refractivity contribution in [3.05, 3.63) is 161 Å². The van der Waals surface area contributed by atoms with E-state index in [0.717, 1.165) is 187 Å². The number of halogens is 3. The van der Waals surface area contributed by atoms with Gasteiger partial charge in [0.2, 0.25) is 0 Å². The molecule has 0 saturated carbocycles. The smallest absolute Gasteiger partial charge is 0.189 e. The highest BCUT2D eigenvalue weighted by Gasteiger charge is 2.32. The molecular formula is C107H158F3N15O11Si6. The molecule has 0 aliphatic carbocycles. The van der Waals surface area contributed by atoms with Crippen molar-refractivity contribution in [3.63, 3.8) is 0 Å². The third kappa shape index (κ3) is 32.2. The van der Waals surface area contributed by atoms with Crippen molar-refractivity contribution in [1.29, 1.82) is 0 Å². The summed E-state index contributed by atoms with van der Waals surface area (Å²) in [5.41, 5.74) is 21.1. The number of fused-ring (bicyclic) bond motifs is 3. The topological polar surface area (TPSA) is 289 Å². The van der Waals surface area contributed by atoms with E-state index in [2.05, 4.69) is 194 Å². The van der Waals surface area contributed by atoms with Crippen LogP contribution < -0.4 is 15.2 Å². The number of likely N-dealkylation sites (tertiary alicyclic amines) is 2. The predicted octanol–water partition coefficient (Wildman–Crippen LogP) is 23.6. The minimum atomic E-state index is -1.31. The summed E-state index contributed by atoms with van der Waals surface area (Å²) in [5, 5.41) is 30.2. The largest absolute Gasteiger partial charge is 0.505 e. The summed E-state index contributed by atoms with van der Waals surface area (Å²) in [4.78, 5) is 47.9. The first-order valence-electron chi connectivity index (χ1n) is 50.9. The van der Waals surface area contributed by atoms with Gasteiger partial charge in [0.05, 0.1) is 27.9 Å². The molecule has 26 nitrogen and oxygen atoms in total. The molecule has 0 radical (unpaired) electrons. The van der Waals surface area contributed by atoms with Crippen LogP contribution >= 0.6 is 0 Å². The number of H-pyrrole nitrogens is 2. The summed E-state index contributed by atoms with van der Waals surface area (Å²) in [6.07, 6.45) is 11.8. The van der Waals surface area contributed by atoms with Crippen LogP contribution in [0.1, 0.15) is 80.2 Å². The molecule has 2 saturated heterocycles. The van der Waals surface area contributed by atoms with Crippen molar-refractivity contribution in [3.8, 4) is 85.2 Å². The van der Waals surface area contributed by atoms with Crippen LogP contribution in [0.25, 0.3) is 101 Å². The summed E-state index contributed by atoms with van der Waals surface area (Å²) in [6, 6.07) is 34.0. The standard InChI is InChI=1S/C44H70FN5O5Si3.C37H60FN5O4Si3.C26H28FN5O2/c1-12-33-26-42(55-32-54-21-24-58(9,10)11)39(45)27-38(33)34-13-15-37-40(25-34)50(31-53-20-23-57(6,7)8)47-43(37)44-46-36(14-16-41(51)35-17-18-48(2)28-35)29-49(44)30-52-19-22-56(3,4)5;1-11-28-21-35(47-27-46-16-19-50(8,9)10)33(38)22-32(28)29-12-13-31-34(20-29)43(26-45-15-18-49(5,6)7)41-36(31)37-40-30(23-39)24-42(37)25-44-14-17-48(2,3)4;1-3-15-11-24(34)21(27)12-20(15)16-4-6-19-22(10-16)30-31-25(19)26-28-13-18(29-26)5-7-23(33)17-8-9-32(2)14-17/h13,15,25-27,29,35H,12,14,16-24,28,30-32H2,1-11H3;12-13,20-22,24H,11,14-19,23,25-27,39H2,1-10H3;4,6,10-13,17,34H,3,5,7-9,14H2,1-2H3,(H,28,29)(H,30,31). The van der Waals surface area contributed by atoms with Gasteiger partial charge in [0.1, 0.15) is 55.6 Å². The van der Waals surface area contributed by atoms with Crippen molar-refractivity contribution in [1.82, 2.24) is 68.6 Å². The van der Waals surface area contributed by atoms with Crippen LogP contribution in [0.3, 0.4) is 0 Å². The van der Waals surface area contributed by atoms with Crippen LogP contribution in [0.4, 0.5) is 13.2 Å². The van der Waals surface area contributed by atoms with E-state index in [1.807, 2.05) is 74.2 Å². The molecule has 772 valence electrons. The number of aromatic nitrogens is 12. The van der Waals surface area contributed by atoms with Crippen LogP contribution in [0.15, 0.2) is 110 Å². The fourth-order valence-electron chi connectivity index (χ4n) is 17.2. The number of ketones is 2. The number of carbonyl (C=O) groups excluding carboxylic acids is 2. The number of phenols is 1. The number of nitrogens with one attached hydrogen (secondary N) is 2. The third-order valence-electron chi connectivity index (χ3n) is 26.2. The van der Waals surface area contributed by atoms with Gasteiger partial charge in [0.15, 0.2) is 65.8 Å². The number of phenolic OH excluding ortho intramolecular Hbond substituents is 1. The van der Waals surface area contributed by atoms with Crippen LogP contribution in [-0.2, 0) is 104 Å². The highest BCUT2D eigenvalue weighted by molar-refractivity contribution is 6.78. The lowest BCUT2D eigenvalue weighted by Gasteiger charge is -2.17. The maximum atomic E-state index is 15.7. The zero-order valence-electron chi connectivity index (χ0n) is 88.8. The fourth-order valence-corrected chi connectivity index (χ4v) is 21.7. The molecular weight excluding hydrogens is 1900 g/mol. The summed E-state index contributed by atoms with van der Waals surface area (Å²) >= 11 is 0. The molecule has 6 aromatic heterocycles. The van der Waals surface area contributed by atoms with E-state index in [-0.39, 0.29) is 49.4 Å². The number of aromatic hydroxyl groups is 1. The first-order valence-corrected chi connectivity index (χ1v) is 73.1. The maximum Gasteiger partial charge on any atom is 0.189 e. The van der Waals surface area contributed by atoms with Gasteiger partial charge in [0.25, 0.3) is 0 Å². The van der Waals surface area contributed by atoms with Crippen molar-refractivity contribution in [2.75, 3.05) is 93.5 Å². The minimum absolute atomic E-state index is 0.0186. The molecule has 12 aromatic rings. The Kier molecular flexibility index (Phi) is 39.1. The second-order valence-electron chi connectivity index (χ2n) is 45.7. The maximum absolute atomic E-state index is 15.7. The number of ether oxygens (including phenoxy) is 8. The molecule has 6 aromatic carbocycles. The normalized spacial score (nSPS) is 14.8.